The molecule has 0 unspecified atom stereocenters. The molecule has 0 amide bonds. The summed E-state index contributed by atoms with van der Waals surface area (Å²) in [6.07, 6.45) is 0. The Hall–Kier alpha value is -7.36. The highest BCUT2D eigenvalue weighted by Crippen LogP contribution is 2.57. The van der Waals surface area contributed by atoms with Gasteiger partial charge in [0, 0.05) is 34.1 Å². The number of hydrogen-bond acceptors (Lipinski definition) is 2. The molecule has 0 radical (unpaired) electrons. The average Bonchev–Trinajstić information content (AvgIpc) is 3.66. The number of fused-ring (bicyclic) bond motifs is 7. The summed E-state index contributed by atoms with van der Waals surface area (Å²) in [5, 5.41) is 0. The summed E-state index contributed by atoms with van der Waals surface area (Å²) in [5.74, 6) is 0. The number of aryl methyl sites for hydroxylation is 1. The minimum absolute atomic E-state index is 0.0145. The third-order valence-electron chi connectivity index (χ3n) is 15.9. The highest BCUT2D eigenvalue weighted by Gasteiger charge is 2.47. The Balaban J connectivity index is 1.05. The van der Waals surface area contributed by atoms with E-state index in [9.17, 15) is 0 Å². The number of hydrogen-bond donors (Lipinski definition) is 0. The van der Waals surface area contributed by atoms with Crippen LogP contribution in [-0.2, 0) is 21.7 Å². The maximum Gasteiger partial charge on any atom is 0.252 e. The highest BCUT2D eigenvalue weighted by atomic mass is 15.2. The van der Waals surface area contributed by atoms with E-state index in [1.165, 1.54) is 112 Å². The van der Waals surface area contributed by atoms with Crippen LogP contribution >= 0.6 is 0 Å². The van der Waals surface area contributed by atoms with Crippen molar-refractivity contribution in [2.75, 3.05) is 9.80 Å². The van der Waals surface area contributed by atoms with Gasteiger partial charge in [-0.2, -0.15) is 0 Å². The molecule has 0 saturated carbocycles. The lowest BCUT2D eigenvalue weighted by Crippen LogP contribution is -2.61. The Kier molecular flexibility index (Phi) is 10.2. The van der Waals surface area contributed by atoms with Crippen LogP contribution in [0.15, 0.2) is 200 Å². The topological polar surface area (TPSA) is 6.48 Å². The van der Waals surface area contributed by atoms with Crippen molar-refractivity contribution in [2.24, 2.45) is 0 Å². The number of anilines is 6. The van der Waals surface area contributed by atoms with E-state index in [4.69, 9.17) is 0 Å². The van der Waals surface area contributed by atoms with Crippen molar-refractivity contribution in [1.29, 1.82) is 0 Å². The van der Waals surface area contributed by atoms with E-state index < -0.39 is 5.41 Å². The Morgan fingerprint density at radius 1 is 0.366 bits per heavy atom. The molecule has 0 fully saturated rings. The van der Waals surface area contributed by atoms with Crippen LogP contribution in [0.25, 0.3) is 22.3 Å². The molecule has 3 heteroatoms. The van der Waals surface area contributed by atoms with E-state index in [0.29, 0.717) is 0 Å². The first-order valence-electron chi connectivity index (χ1n) is 25.6. The summed E-state index contributed by atoms with van der Waals surface area (Å²) in [4.78, 5) is 5.12. The first-order chi connectivity index (χ1) is 34.0. The first-order valence-corrected chi connectivity index (χ1v) is 25.6. The van der Waals surface area contributed by atoms with Crippen LogP contribution in [-0.4, -0.2) is 6.71 Å². The second kappa shape index (κ2) is 16.1. The molecule has 9 aromatic rings. The van der Waals surface area contributed by atoms with Crippen molar-refractivity contribution in [3.8, 4) is 22.3 Å². The summed E-state index contributed by atoms with van der Waals surface area (Å²) in [5.41, 5.74) is 26.4. The van der Waals surface area contributed by atoms with E-state index in [1.807, 2.05) is 0 Å². The van der Waals surface area contributed by atoms with Gasteiger partial charge in [-0.1, -0.05) is 208 Å². The minimum atomic E-state index is -0.456. The summed E-state index contributed by atoms with van der Waals surface area (Å²) in [7, 11) is 0. The van der Waals surface area contributed by atoms with Gasteiger partial charge in [0.15, 0.2) is 0 Å². The van der Waals surface area contributed by atoms with E-state index in [1.54, 1.807) is 0 Å². The molecule has 0 saturated heterocycles. The minimum Gasteiger partial charge on any atom is -0.311 e. The number of nitrogens with zero attached hydrogens (tertiary/aromatic N) is 2. The molecular formula is C68H63BN2. The number of benzene rings is 9. The molecule has 9 aromatic carbocycles. The van der Waals surface area contributed by atoms with Gasteiger partial charge in [0.25, 0.3) is 6.71 Å². The quantitative estimate of drug-likeness (QED) is 0.159. The summed E-state index contributed by atoms with van der Waals surface area (Å²) in [6, 6.07) is 76.6. The summed E-state index contributed by atoms with van der Waals surface area (Å²) >= 11 is 0. The van der Waals surface area contributed by atoms with Crippen LogP contribution in [0.2, 0.25) is 0 Å². The zero-order valence-electron chi connectivity index (χ0n) is 43.0. The maximum atomic E-state index is 2.57. The molecule has 0 bridgehead atoms. The normalized spacial score (nSPS) is 14.4. The fraction of sp³-hybridized carbons (Fsp3) is 0.206. The van der Waals surface area contributed by atoms with E-state index in [0.717, 1.165) is 5.69 Å². The van der Waals surface area contributed by atoms with Gasteiger partial charge < -0.3 is 9.80 Å². The fourth-order valence-corrected chi connectivity index (χ4v) is 12.2. The number of rotatable bonds is 5. The van der Waals surface area contributed by atoms with E-state index in [-0.39, 0.29) is 23.0 Å². The molecule has 3 aliphatic rings. The molecule has 0 N–H and O–H groups in total. The second-order valence-electron chi connectivity index (χ2n) is 23.5. The third-order valence-corrected chi connectivity index (χ3v) is 15.9. The van der Waals surface area contributed by atoms with Gasteiger partial charge in [0.2, 0.25) is 0 Å². The van der Waals surface area contributed by atoms with Crippen molar-refractivity contribution in [1.82, 2.24) is 0 Å². The van der Waals surface area contributed by atoms with Crippen LogP contribution in [0.5, 0.6) is 0 Å². The predicted molar refractivity (Wildman–Crippen MR) is 304 cm³/mol. The first kappa shape index (κ1) is 44.8. The van der Waals surface area contributed by atoms with Gasteiger partial charge in [0.1, 0.15) is 0 Å². The SMILES string of the molecule is Cc1cc2c3c(c1)N(c1ccc(-c4ccc5c(c4)C(c4ccccc4)(c4ccccc4)c4ccccc4-5)cc1)c1cc(C(C)(C)C)ccc1B3c1cc(C(C)(C)C)ccc1N2c1ccc(C(C)(C)C)cc1. The zero-order valence-corrected chi connectivity index (χ0v) is 43.0. The predicted octanol–water partition coefficient (Wildman–Crippen LogP) is 16.0. The van der Waals surface area contributed by atoms with Crippen LogP contribution in [0.1, 0.15) is 107 Å². The van der Waals surface area contributed by atoms with Gasteiger partial charge in [-0.15, -0.1) is 0 Å². The van der Waals surface area contributed by atoms with E-state index >= 15 is 0 Å². The monoisotopic (exact) mass is 919 g/mol. The fourth-order valence-electron chi connectivity index (χ4n) is 12.2. The molecule has 2 heterocycles. The zero-order chi connectivity index (χ0) is 49.2. The van der Waals surface area contributed by atoms with Gasteiger partial charge >= 0.3 is 0 Å². The van der Waals surface area contributed by atoms with Gasteiger partial charge in [0.05, 0.1) is 5.41 Å². The molecule has 71 heavy (non-hydrogen) atoms. The van der Waals surface area contributed by atoms with Crippen molar-refractivity contribution in [3.05, 3.63) is 245 Å². The lowest BCUT2D eigenvalue weighted by atomic mass is 9.33. The molecule has 1 aliphatic carbocycles. The lowest BCUT2D eigenvalue weighted by molar-refractivity contribution is 0.590. The summed E-state index contributed by atoms with van der Waals surface area (Å²) in [6.45, 7) is 23.2. The van der Waals surface area contributed by atoms with Crippen LogP contribution in [0, 0.1) is 6.92 Å². The molecule has 0 aromatic heterocycles. The van der Waals surface area contributed by atoms with Gasteiger partial charge in [-0.05, 0) is 161 Å². The standard InChI is InChI=1S/C68H63BN2/c1-44-39-62-64-63(40-44)71(52-32-25-45(26-33-52)46-27-36-55-54-23-17-18-24-56(54)68(57(55)41-46,48-19-13-11-14-20-48)49-21-15-12-16-22-49)61-43-51(67(8,9)10)30-37-58(61)69(64)59-42-50(66(5,6)7)31-38-60(59)70(62)53-34-28-47(29-35-53)65(2,3)4/h11-43H,1-10H3. The Labute approximate surface area is 422 Å². The lowest BCUT2D eigenvalue weighted by Gasteiger charge is -2.45. The van der Waals surface area contributed by atoms with Crippen LogP contribution in [0.3, 0.4) is 0 Å². The van der Waals surface area contributed by atoms with Crippen molar-refractivity contribution in [2.45, 2.75) is 90.9 Å². The molecule has 0 spiro atoms. The average molecular weight is 919 g/mol. The Morgan fingerprint density at radius 2 is 0.859 bits per heavy atom. The van der Waals surface area contributed by atoms with E-state index in [2.05, 4.69) is 279 Å². The molecule has 2 nitrogen and oxygen atoms in total. The third kappa shape index (κ3) is 7.06. The van der Waals surface area contributed by atoms with Crippen molar-refractivity contribution in [3.63, 3.8) is 0 Å². The summed E-state index contributed by atoms with van der Waals surface area (Å²) < 4.78 is 0. The van der Waals surface area contributed by atoms with Gasteiger partial charge in [-0.25, -0.2) is 0 Å². The van der Waals surface area contributed by atoms with Gasteiger partial charge in [-0.3, -0.25) is 0 Å². The van der Waals surface area contributed by atoms with Crippen LogP contribution in [0.4, 0.5) is 34.1 Å². The molecule has 348 valence electrons. The Morgan fingerprint density at radius 3 is 1.46 bits per heavy atom. The maximum absolute atomic E-state index is 2.57. The molecule has 0 atom stereocenters. The van der Waals surface area contributed by atoms with Crippen molar-refractivity contribution >= 4 is 57.2 Å². The van der Waals surface area contributed by atoms with Crippen molar-refractivity contribution < 1.29 is 0 Å². The Bertz CT molecular complexity index is 3490. The molecular weight excluding hydrogens is 856 g/mol. The highest BCUT2D eigenvalue weighted by molar-refractivity contribution is 7.00. The largest absolute Gasteiger partial charge is 0.311 e. The molecule has 12 rings (SSSR count). The molecule has 2 aliphatic heterocycles. The smallest absolute Gasteiger partial charge is 0.252 e. The van der Waals surface area contributed by atoms with Crippen LogP contribution < -0.4 is 26.2 Å². The second-order valence-corrected chi connectivity index (χ2v) is 23.5.